The van der Waals surface area contributed by atoms with Crippen molar-refractivity contribution in [3.8, 4) is 5.82 Å². The van der Waals surface area contributed by atoms with Gasteiger partial charge in [0.15, 0.2) is 11.6 Å². The van der Waals surface area contributed by atoms with E-state index in [-0.39, 0.29) is 5.82 Å². The Labute approximate surface area is 159 Å². The van der Waals surface area contributed by atoms with Crippen LogP contribution in [0.1, 0.15) is 12.7 Å². The first kappa shape index (κ1) is 18.0. The lowest BCUT2D eigenvalue weighted by Crippen LogP contribution is -2.57. The van der Waals surface area contributed by atoms with Gasteiger partial charge in [0.05, 0.1) is 10.9 Å². The Balaban J connectivity index is 1.81. The number of rotatable bonds is 4. The zero-order valence-corrected chi connectivity index (χ0v) is 15.8. The summed E-state index contributed by atoms with van der Waals surface area (Å²) in [4.78, 5) is 16.1. The van der Waals surface area contributed by atoms with Crippen molar-refractivity contribution in [1.29, 1.82) is 0 Å². The van der Waals surface area contributed by atoms with Gasteiger partial charge in [-0.25, -0.2) is 19.6 Å². The summed E-state index contributed by atoms with van der Waals surface area (Å²) in [5.74, 6) is -2.71. The van der Waals surface area contributed by atoms with Crippen molar-refractivity contribution in [3.63, 3.8) is 0 Å². The highest BCUT2D eigenvalue weighted by atomic mass is 35.5. The predicted molar refractivity (Wildman–Crippen MR) is 98.7 cm³/mol. The molecule has 1 saturated heterocycles. The second kappa shape index (κ2) is 6.35. The second-order valence-corrected chi connectivity index (χ2v) is 7.30. The molecule has 0 bridgehead atoms. The van der Waals surface area contributed by atoms with Gasteiger partial charge in [-0.15, -0.1) is 5.10 Å². The number of anilines is 1. The van der Waals surface area contributed by atoms with Gasteiger partial charge in [-0.1, -0.05) is 11.6 Å². The zero-order chi connectivity index (χ0) is 19.3. The Bertz CT molecular complexity index is 993. The van der Waals surface area contributed by atoms with E-state index in [9.17, 15) is 8.78 Å². The minimum atomic E-state index is -3.14. The molecule has 0 aromatic carbocycles. The van der Waals surface area contributed by atoms with Gasteiger partial charge in [0.2, 0.25) is 5.82 Å². The van der Waals surface area contributed by atoms with Crippen molar-refractivity contribution < 1.29 is 8.78 Å². The van der Waals surface area contributed by atoms with Crippen molar-refractivity contribution in [2.24, 2.45) is 0 Å². The molecule has 3 aromatic rings. The fraction of sp³-hybridized carbons (Fsp3) is 0.412. The highest BCUT2D eigenvalue weighted by Crippen LogP contribution is 2.32. The van der Waals surface area contributed by atoms with E-state index < -0.39 is 11.7 Å². The number of alkyl halides is 2. The average molecular weight is 394 g/mol. The third kappa shape index (κ3) is 3.21. The molecule has 0 unspecified atom stereocenters. The molecular weight excluding hydrogens is 376 g/mol. The summed E-state index contributed by atoms with van der Waals surface area (Å²) in [5.41, 5.74) is 0.655. The summed E-state index contributed by atoms with van der Waals surface area (Å²) >= 11 is 6.06. The SMILES string of the molecule is CN(C)C1CN(c2nn(-c3ccnc(C(C)(F)F)n3)c3cc(Cl)ncc23)C1. The Morgan fingerprint density at radius 2 is 2.00 bits per heavy atom. The highest BCUT2D eigenvalue weighted by Gasteiger charge is 2.32. The number of likely N-dealkylation sites (N-methyl/N-ethyl adjacent to an activating group) is 1. The van der Waals surface area contributed by atoms with E-state index in [1.165, 1.54) is 10.9 Å². The van der Waals surface area contributed by atoms with E-state index >= 15 is 0 Å². The molecule has 10 heteroatoms. The van der Waals surface area contributed by atoms with Crippen LogP contribution < -0.4 is 4.90 Å². The van der Waals surface area contributed by atoms with Crippen LogP contribution in [0.15, 0.2) is 24.5 Å². The van der Waals surface area contributed by atoms with Crippen molar-refractivity contribution >= 4 is 28.3 Å². The molecule has 0 aliphatic carbocycles. The van der Waals surface area contributed by atoms with Gasteiger partial charge in [-0.05, 0) is 14.1 Å². The maximum atomic E-state index is 13.6. The monoisotopic (exact) mass is 393 g/mol. The molecule has 0 amide bonds. The van der Waals surface area contributed by atoms with Crippen LogP contribution >= 0.6 is 11.6 Å². The van der Waals surface area contributed by atoms with Gasteiger partial charge >= 0.3 is 5.92 Å². The number of halogens is 3. The molecular formula is C17H18ClF2N7. The summed E-state index contributed by atoms with van der Waals surface area (Å²) in [6.07, 6.45) is 2.95. The maximum Gasteiger partial charge on any atom is 0.303 e. The quantitative estimate of drug-likeness (QED) is 0.635. The smallest absolute Gasteiger partial charge is 0.303 e. The lowest BCUT2D eigenvalue weighted by atomic mass is 10.1. The minimum absolute atomic E-state index is 0.254. The molecule has 0 saturated carbocycles. The Morgan fingerprint density at radius 3 is 2.67 bits per heavy atom. The van der Waals surface area contributed by atoms with Crippen LogP contribution in [0.25, 0.3) is 16.7 Å². The van der Waals surface area contributed by atoms with Gasteiger partial charge in [0, 0.05) is 50.6 Å². The van der Waals surface area contributed by atoms with Gasteiger partial charge in [0.25, 0.3) is 0 Å². The zero-order valence-electron chi connectivity index (χ0n) is 15.1. The Hall–Kier alpha value is -2.39. The number of nitrogens with zero attached hydrogens (tertiary/aromatic N) is 7. The molecule has 1 fully saturated rings. The molecule has 3 aromatic heterocycles. The van der Waals surface area contributed by atoms with Gasteiger partial charge in [-0.2, -0.15) is 8.78 Å². The fourth-order valence-electron chi connectivity index (χ4n) is 3.01. The molecule has 4 rings (SSSR count). The predicted octanol–water partition coefficient (Wildman–Crippen LogP) is 2.73. The van der Waals surface area contributed by atoms with E-state index in [0.717, 1.165) is 31.2 Å². The topological polar surface area (TPSA) is 63.0 Å². The normalized spacial score (nSPS) is 15.6. The summed E-state index contributed by atoms with van der Waals surface area (Å²) in [5, 5.41) is 5.71. The van der Waals surface area contributed by atoms with Crippen LogP contribution in [0, 0.1) is 0 Å². The molecule has 0 N–H and O–H groups in total. The van der Waals surface area contributed by atoms with Gasteiger partial charge in [-0.3, -0.25) is 0 Å². The van der Waals surface area contributed by atoms with Crippen LogP contribution in [-0.2, 0) is 5.92 Å². The highest BCUT2D eigenvalue weighted by molar-refractivity contribution is 6.30. The number of fused-ring (bicyclic) bond motifs is 1. The number of hydrogen-bond acceptors (Lipinski definition) is 6. The van der Waals surface area contributed by atoms with Gasteiger partial charge in [0.1, 0.15) is 5.15 Å². The van der Waals surface area contributed by atoms with Crippen LogP contribution in [-0.4, -0.2) is 62.9 Å². The number of pyridine rings is 1. The largest absolute Gasteiger partial charge is 0.351 e. The van der Waals surface area contributed by atoms with Gasteiger partial charge < -0.3 is 9.80 Å². The Morgan fingerprint density at radius 1 is 1.26 bits per heavy atom. The van der Waals surface area contributed by atoms with Crippen LogP contribution in [0.3, 0.4) is 0 Å². The van der Waals surface area contributed by atoms with Crippen LogP contribution in [0.4, 0.5) is 14.6 Å². The van der Waals surface area contributed by atoms with E-state index in [1.807, 2.05) is 14.1 Å². The fourth-order valence-corrected chi connectivity index (χ4v) is 3.16. The second-order valence-electron chi connectivity index (χ2n) is 6.91. The van der Waals surface area contributed by atoms with E-state index in [1.54, 1.807) is 18.3 Å². The maximum absolute atomic E-state index is 13.6. The lowest BCUT2D eigenvalue weighted by molar-refractivity contribution is 0.00763. The Kier molecular flexibility index (Phi) is 4.23. The molecule has 1 aliphatic rings. The number of aromatic nitrogens is 5. The van der Waals surface area contributed by atoms with E-state index in [4.69, 9.17) is 11.6 Å². The molecule has 7 nitrogen and oxygen atoms in total. The van der Waals surface area contributed by atoms with E-state index in [2.05, 4.69) is 29.9 Å². The summed E-state index contributed by atoms with van der Waals surface area (Å²) in [6.45, 7) is 2.41. The molecule has 0 radical (unpaired) electrons. The molecule has 1 aliphatic heterocycles. The first-order valence-corrected chi connectivity index (χ1v) is 8.79. The summed E-state index contributed by atoms with van der Waals surface area (Å²) < 4.78 is 28.8. The van der Waals surface area contributed by atoms with E-state index in [0.29, 0.717) is 16.7 Å². The minimum Gasteiger partial charge on any atom is -0.351 e. The molecule has 0 spiro atoms. The summed E-state index contributed by atoms with van der Waals surface area (Å²) in [7, 11) is 4.07. The standard InChI is InChI=1S/C17H18ClF2N7/c1-17(19,20)16-21-5-4-14(23-16)27-12-6-13(18)22-7-11(12)15(24-27)26-8-10(9-26)25(2)3/h4-7,10H,8-9H2,1-3H3. The third-order valence-electron chi connectivity index (χ3n) is 4.66. The molecule has 0 atom stereocenters. The first-order chi connectivity index (χ1) is 12.7. The van der Waals surface area contributed by atoms with Crippen molar-refractivity contribution in [2.45, 2.75) is 18.9 Å². The average Bonchev–Trinajstić information content (AvgIpc) is 2.91. The third-order valence-corrected chi connectivity index (χ3v) is 4.86. The van der Waals surface area contributed by atoms with Crippen LogP contribution in [0.5, 0.6) is 0 Å². The van der Waals surface area contributed by atoms with Crippen molar-refractivity contribution in [1.82, 2.24) is 29.6 Å². The lowest BCUT2D eigenvalue weighted by Gasteiger charge is -2.43. The summed E-state index contributed by atoms with van der Waals surface area (Å²) in [6, 6.07) is 3.64. The molecule has 4 heterocycles. The molecule has 27 heavy (non-hydrogen) atoms. The van der Waals surface area contributed by atoms with Crippen molar-refractivity contribution in [3.05, 3.63) is 35.5 Å². The first-order valence-electron chi connectivity index (χ1n) is 8.41. The molecule has 142 valence electrons. The van der Waals surface area contributed by atoms with Crippen molar-refractivity contribution in [2.75, 3.05) is 32.1 Å². The van der Waals surface area contributed by atoms with Crippen LogP contribution in [0.2, 0.25) is 5.15 Å². The number of hydrogen-bond donors (Lipinski definition) is 0.